The Kier molecular flexibility index (Phi) is 3.24. The SMILES string of the molecule is N#Cc1cccc(Cc2cc(=O)n3c4c(sc3n2)CCC4)c1F. The van der Waals surface area contributed by atoms with Crippen molar-refractivity contribution in [1.82, 2.24) is 9.38 Å². The normalized spacial score (nSPS) is 13.2. The quantitative estimate of drug-likeness (QED) is 0.728. The van der Waals surface area contributed by atoms with Crippen LogP contribution in [0.3, 0.4) is 0 Å². The number of nitrogens with zero attached hydrogens (tertiary/aromatic N) is 3. The van der Waals surface area contributed by atoms with Crippen LogP contribution in [0.15, 0.2) is 29.1 Å². The van der Waals surface area contributed by atoms with Gasteiger partial charge in [-0.2, -0.15) is 5.26 Å². The molecule has 0 spiro atoms. The van der Waals surface area contributed by atoms with E-state index in [1.54, 1.807) is 27.9 Å². The maximum absolute atomic E-state index is 14.2. The summed E-state index contributed by atoms with van der Waals surface area (Å²) in [6, 6.07) is 8.00. The maximum atomic E-state index is 14.2. The van der Waals surface area contributed by atoms with Crippen molar-refractivity contribution in [3.63, 3.8) is 0 Å². The molecule has 114 valence electrons. The predicted molar refractivity (Wildman–Crippen MR) is 85.3 cm³/mol. The van der Waals surface area contributed by atoms with Gasteiger partial charge >= 0.3 is 0 Å². The molecule has 3 aromatic rings. The van der Waals surface area contributed by atoms with Crippen LogP contribution in [0.5, 0.6) is 0 Å². The molecule has 0 N–H and O–H groups in total. The number of nitriles is 1. The summed E-state index contributed by atoms with van der Waals surface area (Å²) in [6.45, 7) is 0. The highest BCUT2D eigenvalue weighted by molar-refractivity contribution is 7.17. The van der Waals surface area contributed by atoms with Gasteiger partial charge in [0.1, 0.15) is 11.9 Å². The molecule has 0 saturated heterocycles. The van der Waals surface area contributed by atoms with Gasteiger partial charge in [-0.05, 0) is 30.9 Å². The number of fused-ring (bicyclic) bond motifs is 3. The molecule has 0 atom stereocenters. The number of rotatable bonds is 2. The van der Waals surface area contributed by atoms with E-state index in [0.717, 1.165) is 25.0 Å². The van der Waals surface area contributed by atoms with Gasteiger partial charge in [-0.1, -0.05) is 12.1 Å². The lowest BCUT2D eigenvalue weighted by molar-refractivity contribution is 0.609. The van der Waals surface area contributed by atoms with Crippen LogP contribution in [0.4, 0.5) is 4.39 Å². The fourth-order valence-corrected chi connectivity index (χ4v) is 4.30. The van der Waals surface area contributed by atoms with E-state index in [1.165, 1.54) is 17.0 Å². The van der Waals surface area contributed by atoms with Crippen molar-refractivity contribution in [3.05, 3.63) is 67.8 Å². The number of aryl methyl sites for hydroxylation is 2. The number of hydrogen-bond donors (Lipinski definition) is 0. The van der Waals surface area contributed by atoms with Gasteiger partial charge in [-0.15, -0.1) is 11.3 Å². The van der Waals surface area contributed by atoms with E-state index < -0.39 is 5.82 Å². The van der Waals surface area contributed by atoms with Gasteiger partial charge in [0.25, 0.3) is 5.56 Å². The van der Waals surface area contributed by atoms with Crippen molar-refractivity contribution in [1.29, 1.82) is 5.26 Å². The Labute approximate surface area is 135 Å². The Morgan fingerprint density at radius 3 is 3.09 bits per heavy atom. The van der Waals surface area contributed by atoms with E-state index in [4.69, 9.17) is 5.26 Å². The molecule has 1 aromatic carbocycles. The Hall–Kier alpha value is -2.52. The minimum absolute atomic E-state index is 0.00963. The number of benzene rings is 1. The molecule has 4 nitrogen and oxygen atoms in total. The first-order valence-electron chi connectivity index (χ1n) is 7.38. The first-order valence-corrected chi connectivity index (χ1v) is 8.20. The Morgan fingerprint density at radius 2 is 2.26 bits per heavy atom. The van der Waals surface area contributed by atoms with E-state index in [9.17, 15) is 9.18 Å². The van der Waals surface area contributed by atoms with Gasteiger partial charge in [-0.25, -0.2) is 9.37 Å². The molecule has 0 amide bonds. The zero-order valence-corrected chi connectivity index (χ0v) is 13.0. The molecule has 2 aromatic heterocycles. The summed E-state index contributed by atoms with van der Waals surface area (Å²) >= 11 is 1.54. The van der Waals surface area contributed by atoms with Crippen molar-refractivity contribution in [3.8, 4) is 6.07 Å². The largest absolute Gasteiger partial charge is 0.269 e. The van der Waals surface area contributed by atoms with Crippen molar-refractivity contribution in [2.75, 3.05) is 0 Å². The molecule has 1 aliphatic rings. The fourth-order valence-electron chi connectivity index (χ4n) is 3.07. The highest BCUT2D eigenvalue weighted by Gasteiger charge is 2.20. The number of hydrogen-bond acceptors (Lipinski definition) is 4. The van der Waals surface area contributed by atoms with Gasteiger partial charge in [-0.3, -0.25) is 9.20 Å². The zero-order valence-electron chi connectivity index (χ0n) is 12.2. The van der Waals surface area contributed by atoms with Crippen LogP contribution in [0.2, 0.25) is 0 Å². The van der Waals surface area contributed by atoms with Crippen molar-refractivity contribution in [2.45, 2.75) is 25.7 Å². The third kappa shape index (κ3) is 2.25. The van der Waals surface area contributed by atoms with Gasteiger partial charge < -0.3 is 0 Å². The maximum Gasteiger partial charge on any atom is 0.258 e. The first kappa shape index (κ1) is 14.1. The second-order valence-electron chi connectivity index (χ2n) is 5.60. The van der Waals surface area contributed by atoms with Crippen LogP contribution in [0.25, 0.3) is 4.96 Å². The van der Waals surface area contributed by atoms with Crippen molar-refractivity contribution >= 4 is 16.3 Å². The van der Waals surface area contributed by atoms with Crippen molar-refractivity contribution in [2.24, 2.45) is 0 Å². The van der Waals surface area contributed by atoms with Gasteiger partial charge in [0, 0.05) is 23.1 Å². The molecule has 0 unspecified atom stereocenters. The van der Waals surface area contributed by atoms with Crippen LogP contribution in [-0.4, -0.2) is 9.38 Å². The van der Waals surface area contributed by atoms with Crippen LogP contribution in [0.1, 0.15) is 33.8 Å². The molecule has 2 heterocycles. The number of aromatic nitrogens is 2. The average Bonchev–Trinajstić information content (AvgIpc) is 3.09. The van der Waals surface area contributed by atoms with Gasteiger partial charge in [0.2, 0.25) is 0 Å². The Morgan fingerprint density at radius 1 is 1.39 bits per heavy atom. The predicted octanol–water partition coefficient (Wildman–Crippen LogP) is 2.85. The minimum atomic E-state index is -0.536. The molecular weight excluding hydrogens is 313 g/mol. The lowest BCUT2D eigenvalue weighted by Crippen LogP contribution is -2.16. The molecule has 0 aliphatic heterocycles. The van der Waals surface area contributed by atoms with E-state index in [1.807, 2.05) is 6.07 Å². The smallest absolute Gasteiger partial charge is 0.258 e. The van der Waals surface area contributed by atoms with Crippen LogP contribution in [-0.2, 0) is 19.3 Å². The average molecular weight is 325 g/mol. The summed E-state index contributed by atoms with van der Waals surface area (Å²) in [5.41, 5.74) is 1.89. The Balaban J connectivity index is 1.79. The van der Waals surface area contributed by atoms with E-state index >= 15 is 0 Å². The third-order valence-corrected chi connectivity index (χ3v) is 5.28. The lowest BCUT2D eigenvalue weighted by atomic mass is 10.1. The Bertz CT molecular complexity index is 1030. The van der Waals surface area contributed by atoms with E-state index in [0.29, 0.717) is 16.2 Å². The van der Waals surface area contributed by atoms with Crippen molar-refractivity contribution < 1.29 is 4.39 Å². The first-order chi connectivity index (χ1) is 11.2. The molecule has 23 heavy (non-hydrogen) atoms. The van der Waals surface area contributed by atoms with Crippen LogP contribution in [0, 0.1) is 17.1 Å². The second kappa shape index (κ2) is 5.28. The molecule has 0 fully saturated rings. The standard InChI is InChI=1S/C17H12FN3OS/c18-16-10(3-1-4-11(16)9-19)7-12-8-15(22)21-13-5-2-6-14(13)23-17(21)20-12/h1,3-4,8H,2,5-7H2. The van der Waals surface area contributed by atoms with Crippen LogP contribution < -0.4 is 5.56 Å². The second-order valence-corrected chi connectivity index (χ2v) is 6.66. The monoisotopic (exact) mass is 325 g/mol. The highest BCUT2D eigenvalue weighted by atomic mass is 32.1. The summed E-state index contributed by atoms with van der Waals surface area (Å²) in [7, 11) is 0. The highest BCUT2D eigenvalue weighted by Crippen LogP contribution is 2.29. The fraction of sp³-hybridized carbons (Fsp3) is 0.235. The van der Waals surface area contributed by atoms with E-state index in [2.05, 4.69) is 4.98 Å². The molecule has 6 heteroatoms. The van der Waals surface area contributed by atoms with Crippen LogP contribution >= 0.6 is 11.3 Å². The molecular formula is C17H12FN3OS. The zero-order chi connectivity index (χ0) is 16.0. The lowest BCUT2D eigenvalue weighted by Gasteiger charge is -2.05. The summed E-state index contributed by atoms with van der Waals surface area (Å²) in [6.07, 6.45) is 3.19. The summed E-state index contributed by atoms with van der Waals surface area (Å²) in [5, 5.41) is 8.90. The molecule has 0 bridgehead atoms. The molecule has 4 rings (SSSR count). The molecule has 1 aliphatic carbocycles. The van der Waals surface area contributed by atoms with Gasteiger partial charge in [0.15, 0.2) is 4.96 Å². The number of halogens is 1. The third-order valence-electron chi connectivity index (χ3n) is 4.14. The van der Waals surface area contributed by atoms with E-state index in [-0.39, 0.29) is 17.5 Å². The summed E-state index contributed by atoms with van der Waals surface area (Å²) in [5.74, 6) is -0.536. The summed E-state index contributed by atoms with van der Waals surface area (Å²) in [4.78, 5) is 18.8. The number of thiazole rings is 1. The van der Waals surface area contributed by atoms with Gasteiger partial charge in [0.05, 0.1) is 11.3 Å². The molecule has 0 saturated carbocycles. The minimum Gasteiger partial charge on any atom is -0.269 e. The topological polar surface area (TPSA) is 58.2 Å². The molecule has 0 radical (unpaired) electrons. The summed E-state index contributed by atoms with van der Waals surface area (Å²) < 4.78 is 15.9.